The highest BCUT2D eigenvalue weighted by Crippen LogP contribution is 2.50. The van der Waals surface area contributed by atoms with Crippen LogP contribution in [0.4, 0.5) is 11.4 Å². The Morgan fingerprint density at radius 1 is 1.17 bits per heavy atom. The van der Waals surface area contributed by atoms with Crippen LogP contribution in [0.15, 0.2) is 65.1 Å². The minimum Gasteiger partial charge on any atom is -0.494 e. The summed E-state index contributed by atoms with van der Waals surface area (Å²) in [7, 11) is 0. The van der Waals surface area contributed by atoms with E-state index in [-0.39, 0.29) is 11.9 Å². The van der Waals surface area contributed by atoms with Gasteiger partial charge in [-0.05, 0) is 94.0 Å². The van der Waals surface area contributed by atoms with Crippen LogP contribution in [0, 0.1) is 19.8 Å². The van der Waals surface area contributed by atoms with Crippen LogP contribution in [-0.4, -0.2) is 23.4 Å². The van der Waals surface area contributed by atoms with Crippen LogP contribution < -0.4 is 25.0 Å². The number of hydrogen-bond donors (Lipinski definition) is 2. The summed E-state index contributed by atoms with van der Waals surface area (Å²) in [5.74, 6) is 0.723. The van der Waals surface area contributed by atoms with Crippen molar-refractivity contribution in [2.75, 3.05) is 16.8 Å². The number of thiocarbonyl (C=S) groups is 1. The Bertz CT molecular complexity index is 1350. The topological polar surface area (TPSA) is 62.8 Å². The molecule has 2 aliphatic heterocycles. The molecular weight excluding hydrogens is 538 g/mol. The zero-order chi connectivity index (χ0) is 25.6. The van der Waals surface area contributed by atoms with Crippen LogP contribution in [0.3, 0.4) is 0 Å². The lowest BCUT2D eigenvalue weighted by molar-refractivity contribution is -0.130. The van der Waals surface area contributed by atoms with Crippen molar-refractivity contribution in [3.05, 3.63) is 81.8 Å². The molecule has 0 saturated carbocycles. The van der Waals surface area contributed by atoms with Crippen LogP contribution in [0.1, 0.15) is 36.6 Å². The third-order valence-corrected chi connectivity index (χ3v) is 7.58. The van der Waals surface area contributed by atoms with Crippen molar-refractivity contribution < 1.29 is 14.3 Å². The van der Waals surface area contributed by atoms with E-state index in [1.54, 1.807) is 0 Å². The van der Waals surface area contributed by atoms with E-state index in [0.29, 0.717) is 17.5 Å². The third-order valence-electron chi connectivity index (χ3n) is 6.79. The molecule has 3 aromatic rings. The minimum absolute atomic E-state index is 0.147. The van der Waals surface area contributed by atoms with Gasteiger partial charge in [0.05, 0.1) is 12.6 Å². The van der Waals surface area contributed by atoms with E-state index in [4.69, 9.17) is 21.7 Å². The molecule has 0 radical (unpaired) electrons. The molecule has 1 fully saturated rings. The van der Waals surface area contributed by atoms with E-state index in [9.17, 15) is 4.79 Å². The lowest BCUT2D eigenvalue weighted by Crippen LogP contribution is -2.72. The zero-order valence-corrected chi connectivity index (χ0v) is 23.0. The summed E-state index contributed by atoms with van der Waals surface area (Å²) in [5, 5.41) is 7.10. The maximum absolute atomic E-state index is 14.0. The number of nitrogens with one attached hydrogen (secondary N) is 2. The van der Waals surface area contributed by atoms with Crippen molar-refractivity contribution in [1.29, 1.82) is 0 Å². The first-order valence-electron chi connectivity index (χ1n) is 11.9. The van der Waals surface area contributed by atoms with Crippen molar-refractivity contribution in [3.8, 4) is 11.5 Å². The van der Waals surface area contributed by atoms with Gasteiger partial charge in [-0.15, -0.1) is 0 Å². The van der Waals surface area contributed by atoms with Gasteiger partial charge >= 0.3 is 0 Å². The number of hydrogen-bond acceptors (Lipinski definition) is 4. The summed E-state index contributed by atoms with van der Waals surface area (Å²) in [4.78, 5) is 15.9. The summed E-state index contributed by atoms with van der Waals surface area (Å²) in [6.07, 6.45) is 0. The molecule has 1 saturated heterocycles. The van der Waals surface area contributed by atoms with Crippen LogP contribution in [0.5, 0.6) is 11.5 Å². The molecule has 2 bridgehead atoms. The highest BCUT2D eigenvalue weighted by molar-refractivity contribution is 9.10. The number of ether oxygens (including phenoxy) is 2. The molecule has 1 amide bonds. The lowest BCUT2D eigenvalue weighted by atomic mass is 9.78. The summed E-state index contributed by atoms with van der Waals surface area (Å²) in [6.45, 7) is 8.49. The van der Waals surface area contributed by atoms with Gasteiger partial charge in [0.2, 0.25) is 5.91 Å². The first-order chi connectivity index (χ1) is 17.2. The number of carbonyl (C=O) groups excluding carboxylic acids is 1. The quantitative estimate of drug-likeness (QED) is 0.356. The number of rotatable bonds is 5. The molecule has 2 N–H and O–H groups in total. The number of carbonyl (C=O) groups is 1. The maximum Gasteiger partial charge on any atom is 0.236 e. The molecule has 8 heteroatoms. The highest BCUT2D eigenvalue weighted by Gasteiger charge is 2.59. The molecule has 0 aliphatic carbocycles. The Hall–Kier alpha value is -3.10. The number of amides is 1. The second kappa shape index (κ2) is 9.41. The smallest absolute Gasteiger partial charge is 0.236 e. The Morgan fingerprint density at radius 2 is 1.92 bits per heavy atom. The average Bonchev–Trinajstić information content (AvgIpc) is 2.82. The molecule has 5 rings (SSSR count). The number of nitrogens with zero attached hydrogens (tertiary/aromatic N) is 1. The Kier molecular flexibility index (Phi) is 6.43. The SMILES string of the molecule is CCOc1ccc(N2C(=S)N[C@@H]3c4cc(Br)ccc4O[C@@]2(C)[C@@H]3C(=O)Nc2ccc(C)cc2C)cc1. The van der Waals surface area contributed by atoms with E-state index in [0.717, 1.165) is 38.3 Å². The predicted octanol–water partition coefficient (Wildman–Crippen LogP) is 6.26. The predicted molar refractivity (Wildman–Crippen MR) is 150 cm³/mol. The van der Waals surface area contributed by atoms with E-state index in [2.05, 4.69) is 32.6 Å². The molecule has 2 heterocycles. The van der Waals surface area contributed by atoms with Gasteiger partial charge in [0, 0.05) is 21.4 Å². The van der Waals surface area contributed by atoms with Gasteiger partial charge in [-0.3, -0.25) is 9.69 Å². The molecule has 6 nitrogen and oxygen atoms in total. The Balaban J connectivity index is 1.59. The molecule has 0 unspecified atom stereocenters. The summed E-state index contributed by atoms with van der Waals surface area (Å²) < 4.78 is 13.2. The normalized spacial score (nSPS) is 22.2. The lowest BCUT2D eigenvalue weighted by Gasteiger charge is -2.56. The largest absolute Gasteiger partial charge is 0.494 e. The molecule has 0 aromatic heterocycles. The average molecular weight is 567 g/mol. The fourth-order valence-electron chi connectivity index (χ4n) is 5.17. The second-order valence-electron chi connectivity index (χ2n) is 9.31. The van der Waals surface area contributed by atoms with Gasteiger partial charge < -0.3 is 20.1 Å². The fourth-order valence-corrected chi connectivity index (χ4v) is 5.96. The molecule has 3 atom stereocenters. The monoisotopic (exact) mass is 565 g/mol. The van der Waals surface area contributed by atoms with Gasteiger partial charge in [-0.2, -0.15) is 0 Å². The molecule has 186 valence electrons. The van der Waals surface area contributed by atoms with Gasteiger partial charge in [-0.25, -0.2) is 0 Å². The van der Waals surface area contributed by atoms with Crippen molar-refractivity contribution in [1.82, 2.24) is 5.32 Å². The maximum atomic E-state index is 14.0. The van der Waals surface area contributed by atoms with Gasteiger partial charge in [0.25, 0.3) is 0 Å². The zero-order valence-electron chi connectivity index (χ0n) is 20.6. The van der Waals surface area contributed by atoms with E-state index in [1.807, 2.05) is 87.2 Å². The van der Waals surface area contributed by atoms with Gasteiger partial charge in [0.1, 0.15) is 17.4 Å². The highest BCUT2D eigenvalue weighted by atomic mass is 79.9. The van der Waals surface area contributed by atoms with Crippen molar-refractivity contribution in [2.24, 2.45) is 5.92 Å². The minimum atomic E-state index is -1.08. The molecule has 36 heavy (non-hydrogen) atoms. The first-order valence-corrected chi connectivity index (χ1v) is 13.1. The van der Waals surface area contributed by atoms with Crippen LogP contribution in [-0.2, 0) is 4.79 Å². The standard InChI is InChI=1S/C28H28BrN3O3S/c1-5-34-20-10-8-19(9-11-20)32-27(36)31-25-21-15-18(29)7-13-23(21)35-28(32,4)24(25)26(33)30-22-12-6-16(2)14-17(22)3/h6-15,24-25H,5H2,1-4H3,(H,30,33)(H,31,36)/t24-,25+,28-/m0/s1. The molecule has 3 aromatic carbocycles. The van der Waals surface area contributed by atoms with Crippen molar-refractivity contribution in [2.45, 2.75) is 39.5 Å². The van der Waals surface area contributed by atoms with Crippen LogP contribution in [0.2, 0.25) is 0 Å². The van der Waals surface area contributed by atoms with Crippen molar-refractivity contribution in [3.63, 3.8) is 0 Å². The first kappa shape index (κ1) is 24.6. The van der Waals surface area contributed by atoms with Crippen LogP contribution >= 0.6 is 28.1 Å². The number of halogens is 1. The molecule has 2 aliphatic rings. The summed E-state index contributed by atoms with van der Waals surface area (Å²) in [6, 6.07) is 19.1. The van der Waals surface area contributed by atoms with Gasteiger partial charge in [0.15, 0.2) is 10.8 Å². The van der Waals surface area contributed by atoms with Crippen LogP contribution in [0.25, 0.3) is 0 Å². The summed E-state index contributed by atoms with van der Waals surface area (Å²) >= 11 is 9.41. The Morgan fingerprint density at radius 3 is 2.61 bits per heavy atom. The van der Waals surface area contributed by atoms with Crippen molar-refractivity contribution >= 4 is 50.5 Å². The fraction of sp³-hybridized carbons (Fsp3) is 0.286. The number of anilines is 2. The number of fused-ring (bicyclic) bond motifs is 4. The Labute approximate surface area is 225 Å². The second-order valence-corrected chi connectivity index (χ2v) is 10.6. The van der Waals surface area contributed by atoms with E-state index in [1.165, 1.54) is 0 Å². The molecule has 0 spiro atoms. The van der Waals surface area contributed by atoms with E-state index >= 15 is 0 Å². The number of benzene rings is 3. The van der Waals surface area contributed by atoms with E-state index < -0.39 is 11.6 Å². The number of aryl methyl sites for hydroxylation is 2. The third kappa shape index (κ3) is 4.22. The molecular formula is C28H28BrN3O3S. The van der Waals surface area contributed by atoms with Gasteiger partial charge in [-0.1, -0.05) is 33.6 Å². The summed E-state index contributed by atoms with van der Waals surface area (Å²) in [5.41, 5.74) is 3.54.